The Kier molecular flexibility index (Phi) is 6.85. The van der Waals surface area contributed by atoms with Gasteiger partial charge in [0.2, 0.25) is 5.91 Å². The highest BCUT2D eigenvalue weighted by molar-refractivity contribution is 7.90. The van der Waals surface area contributed by atoms with Crippen molar-refractivity contribution in [3.05, 3.63) is 65.0 Å². The van der Waals surface area contributed by atoms with Crippen LogP contribution in [0.5, 0.6) is 0 Å². The van der Waals surface area contributed by atoms with Crippen molar-refractivity contribution in [1.82, 2.24) is 10.2 Å². The van der Waals surface area contributed by atoms with Crippen LogP contribution >= 0.6 is 0 Å². The van der Waals surface area contributed by atoms with Crippen molar-refractivity contribution in [2.45, 2.75) is 55.0 Å². The van der Waals surface area contributed by atoms with E-state index in [0.717, 1.165) is 24.5 Å². The third kappa shape index (κ3) is 5.94. The molecule has 2 amide bonds. The number of nitrogens with one attached hydrogen (secondary N) is 1. The predicted octanol–water partition coefficient (Wildman–Crippen LogP) is 4.46. The lowest BCUT2D eigenvalue weighted by atomic mass is 9.98. The second kappa shape index (κ2) is 9.38. The molecule has 4 rings (SSSR count). The molecule has 6 nitrogen and oxygen atoms in total. The fourth-order valence-electron chi connectivity index (χ4n) is 4.47. The molecule has 0 aromatic heterocycles. The first-order valence-electron chi connectivity index (χ1n) is 11.5. The van der Waals surface area contributed by atoms with E-state index in [2.05, 4.69) is 5.32 Å². The first-order valence-corrected chi connectivity index (χ1v) is 13.4. The second-order valence-corrected chi connectivity index (χ2v) is 11.8. The number of carbonyl (C=O) groups excluding carboxylic acids is 2. The Hall–Kier alpha value is -3.02. The summed E-state index contributed by atoms with van der Waals surface area (Å²) in [6, 6.07) is 5.19. The molecule has 2 fully saturated rings. The van der Waals surface area contributed by atoms with Crippen LogP contribution in [0.25, 0.3) is 0 Å². The van der Waals surface area contributed by atoms with Crippen LogP contribution in [0, 0.1) is 11.7 Å². The molecule has 12 heteroatoms. The Morgan fingerprint density at radius 3 is 2.38 bits per heavy atom. The van der Waals surface area contributed by atoms with Crippen molar-refractivity contribution in [2.75, 3.05) is 12.8 Å². The molecule has 1 aliphatic carbocycles. The van der Waals surface area contributed by atoms with Gasteiger partial charge in [0.15, 0.2) is 9.84 Å². The minimum Gasteiger partial charge on any atom is -0.347 e. The van der Waals surface area contributed by atoms with Gasteiger partial charge < -0.3 is 10.2 Å². The van der Waals surface area contributed by atoms with Gasteiger partial charge in [-0.3, -0.25) is 9.59 Å². The number of halogens is 5. The summed E-state index contributed by atoms with van der Waals surface area (Å²) in [5, 5.41) is 2.56. The third-order valence-corrected chi connectivity index (χ3v) is 7.69. The maximum absolute atomic E-state index is 14.8. The molecule has 200 valence electrons. The summed E-state index contributed by atoms with van der Waals surface area (Å²) in [7, 11) is -3.68. The van der Waals surface area contributed by atoms with E-state index < -0.39 is 69.9 Å². The van der Waals surface area contributed by atoms with Crippen molar-refractivity contribution in [3.8, 4) is 0 Å². The fraction of sp³-hybridized carbons (Fsp3) is 0.440. The number of sulfone groups is 1. The minimum atomic E-state index is -3.68. The zero-order valence-electron chi connectivity index (χ0n) is 20.0. The number of likely N-dealkylation sites (tertiary alicyclic amines) is 1. The van der Waals surface area contributed by atoms with Crippen LogP contribution in [0.15, 0.2) is 47.4 Å². The van der Waals surface area contributed by atoms with E-state index in [0.29, 0.717) is 30.7 Å². The highest BCUT2D eigenvalue weighted by atomic mass is 32.2. The summed E-state index contributed by atoms with van der Waals surface area (Å²) in [5.41, 5.74) is -0.773. The Balaban J connectivity index is 1.60. The van der Waals surface area contributed by atoms with E-state index in [-0.39, 0.29) is 21.9 Å². The van der Waals surface area contributed by atoms with Crippen LogP contribution in [-0.4, -0.2) is 49.9 Å². The predicted molar refractivity (Wildman–Crippen MR) is 124 cm³/mol. The molecule has 2 atom stereocenters. The molecule has 1 N–H and O–H groups in total. The average molecular weight is 545 g/mol. The number of carbonyl (C=O) groups is 2. The Labute approximate surface area is 210 Å². The lowest BCUT2D eigenvalue weighted by molar-refractivity contribution is -0.126. The molecule has 0 unspecified atom stereocenters. The van der Waals surface area contributed by atoms with Gasteiger partial charge in [-0.1, -0.05) is 18.2 Å². The van der Waals surface area contributed by atoms with Crippen molar-refractivity contribution < 1.29 is 40.0 Å². The number of nitrogens with zero attached hydrogens (tertiary/aromatic N) is 1. The lowest BCUT2D eigenvalue weighted by Gasteiger charge is -2.27. The van der Waals surface area contributed by atoms with Crippen LogP contribution in [0.3, 0.4) is 0 Å². The Morgan fingerprint density at radius 1 is 1.14 bits per heavy atom. The van der Waals surface area contributed by atoms with Crippen LogP contribution < -0.4 is 5.32 Å². The summed E-state index contributed by atoms with van der Waals surface area (Å²) < 4.78 is 94.5. The van der Waals surface area contributed by atoms with Crippen LogP contribution in [-0.2, 0) is 20.6 Å². The molecule has 0 radical (unpaired) electrons. The van der Waals surface area contributed by atoms with Gasteiger partial charge in [0.25, 0.3) is 17.8 Å². The number of benzene rings is 2. The van der Waals surface area contributed by atoms with Crippen molar-refractivity contribution >= 4 is 21.7 Å². The number of rotatable bonds is 7. The lowest BCUT2D eigenvalue weighted by Crippen LogP contribution is -2.47. The molecule has 0 spiro atoms. The van der Waals surface area contributed by atoms with Crippen molar-refractivity contribution in [2.24, 2.45) is 5.92 Å². The standard InChI is InChI=1S/C25H25F5N2O4S/c1-24(27,28)16-8-9-18(19(26)11-16)21(14-6-7-14)31-22(33)20-12-25(29,30)13-32(20)23(34)15-4-3-5-17(10-15)37(2,35)36/h3-5,8-11,14,20-21H,6-7,12-13H2,1-2H3,(H,31,33)/t20-,21-/m1/s1. The van der Waals surface area contributed by atoms with E-state index in [9.17, 15) is 40.0 Å². The Morgan fingerprint density at radius 2 is 1.81 bits per heavy atom. The van der Waals surface area contributed by atoms with Crippen LogP contribution in [0.4, 0.5) is 22.0 Å². The Bertz CT molecular complexity index is 1340. The molecule has 2 aromatic carbocycles. The summed E-state index contributed by atoms with van der Waals surface area (Å²) in [6.07, 6.45) is 1.18. The highest BCUT2D eigenvalue weighted by Crippen LogP contribution is 2.43. The molecule has 0 bridgehead atoms. The largest absolute Gasteiger partial charge is 0.347 e. The van der Waals surface area contributed by atoms with Crippen molar-refractivity contribution in [3.63, 3.8) is 0 Å². The number of hydrogen-bond acceptors (Lipinski definition) is 4. The SMILES string of the molecule is CC(F)(F)c1ccc([C@H](NC(=O)[C@H]2CC(F)(F)CN2C(=O)c2cccc(S(C)(=O)=O)c2)C2CC2)c(F)c1. The summed E-state index contributed by atoms with van der Waals surface area (Å²) in [4.78, 5) is 26.8. The molecular weight excluding hydrogens is 519 g/mol. The van der Waals surface area contributed by atoms with E-state index >= 15 is 0 Å². The fourth-order valence-corrected chi connectivity index (χ4v) is 5.14. The summed E-state index contributed by atoms with van der Waals surface area (Å²) >= 11 is 0. The van der Waals surface area contributed by atoms with Crippen molar-refractivity contribution in [1.29, 1.82) is 0 Å². The molecule has 2 aliphatic rings. The number of alkyl halides is 4. The van der Waals surface area contributed by atoms with Gasteiger partial charge in [0.05, 0.1) is 17.5 Å². The smallest absolute Gasteiger partial charge is 0.270 e. The summed E-state index contributed by atoms with van der Waals surface area (Å²) in [6.45, 7) is -0.436. The van der Waals surface area contributed by atoms with Crippen LogP contribution in [0.1, 0.15) is 53.7 Å². The zero-order valence-corrected chi connectivity index (χ0v) is 20.8. The molecule has 37 heavy (non-hydrogen) atoms. The first kappa shape index (κ1) is 27.0. The quantitative estimate of drug-likeness (QED) is 0.522. The number of amides is 2. The van der Waals surface area contributed by atoms with Gasteiger partial charge >= 0.3 is 0 Å². The maximum Gasteiger partial charge on any atom is 0.270 e. The van der Waals surface area contributed by atoms with Gasteiger partial charge in [0, 0.05) is 36.3 Å². The van der Waals surface area contributed by atoms with Gasteiger partial charge in [-0.2, -0.15) is 0 Å². The minimum absolute atomic E-state index is 0.0488. The van der Waals surface area contributed by atoms with Gasteiger partial charge in [-0.25, -0.2) is 30.4 Å². The van der Waals surface area contributed by atoms with E-state index in [1.165, 1.54) is 18.2 Å². The molecule has 1 saturated carbocycles. The summed E-state index contributed by atoms with van der Waals surface area (Å²) in [5.74, 6) is -9.73. The van der Waals surface area contributed by atoms with Crippen LogP contribution in [0.2, 0.25) is 0 Å². The van der Waals surface area contributed by atoms with E-state index in [1.54, 1.807) is 0 Å². The van der Waals surface area contributed by atoms with E-state index in [4.69, 9.17) is 0 Å². The number of hydrogen-bond donors (Lipinski definition) is 1. The topological polar surface area (TPSA) is 83.6 Å². The van der Waals surface area contributed by atoms with Gasteiger partial charge in [-0.15, -0.1) is 0 Å². The molecular formula is C25H25F5N2O4S. The van der Waals surface area contributed by atoms with Gasteiger partial charge in [-0.05, 0) is 43.0 Å². The highest BCUT2D eigenvalue weighted by Gasteiger charge is 2.51. The average Bonchev–Trinajstić information content (AvgIpc) is 3.58. The van der Waals surface area contributed by atoms with Gasteiger partial charge in [0.1, 0.15) is 11.9 Å². The molecule has 1 saturated heterocycles. The zero-order chi connectivity index (χ0) is 27.3. The first-order chi connectivity index (χ1) is 17.1. The molecule has 1 aliphatic heterocycles. The normalized spacial score (nSPS) is 20.5. The second-order valence-electron chi connectivity index (χ2n) is 9.76. The maximum atomic E-state index is 14.8. The molecule has 1 heterocycles. The van der Waals surface area contributed by atoms with E-state index in [1.807, 2.05) is 0 Å². The molecule has 2 aromatic rings. The third-order valence-electron chi connectivity index (χ3n) is 6.58. The monoisotopic (exact) mass is 544 g/mol.